The minimum atomic E-state index is -0.561. The van der Waals surface area contributed by atoms with E-state index < -0.39 is 18.5 Å². The van der Waals surface area contributed by atoms with E-state index in [2.05, 4.69) is 5.32 Å². The maximum Gasteiger partial charge on any atom is 0.340 e. The Morgan fingerprint density at radius 2 is 2.04 bits per heavy atom. The maximum atomic E-state index is 12.2. The zero-order valence-corrected chi connectivity index (χ0v) is 15.0. The number of aromatic nitrogens is 1. The van der Waals surface area contributed by atoms with Gasteiger partial charge in [-0.1, -0.05) is 11.6 Å². The van der Waals surface area contributed by atoms with Gasteiger partial charge < -0.3 is 14.6 Å². The van der Waals surface area contributed by atoms with Crippen LogP contribution in [0.3, 0.4) is 0 Å². The van der Waals surface area contributed by atoms with E-state index >= 15 is 0 Å². The first-order valence-electron chi connectivity index (χ1n) is 7.70. The molecule has 0 aliphatic rings. The first kappa shape index (κ1) is 18.6. The number of anilines is 1. The Hall–Kier alpha value is -2.78. The highest BCUT2D eigenvalue weighted by Gasteiger charge is 2.18. The van der Waals surface area contributed by atoms with Gasteiger partial charge in [0.15, 0.2) is 6.61 Å². The largest absolute Gasteiger partial charge is 0.452 e. The highest BCUT2D eigenvalue weighted by atomic mass is 35.5. The van der Waals surface area contributed by atoms with Crippen molar-refractivity contribution >= 4 is 29.2 Å². The van der Waals surface area contributed by atoms with Gasteiger partial charge in [0.25, 0.3) is 5.91 Å². The number of nitrogens with one attached hydrogen (secondary N) is 1. The third-order valence-corrected chi connectivity index (χ3v) is 4.06. The summed E-state index contributed by atoms with van der Waals surface area (Å²) in [5.41, 5.74) is 2.74. The van der Waals surface area contributed by atoms with Crippen LogP contribution in [0.25, 0.3) is 0 Å². The molecule has 0 spiro atoms. The standard InChI is InChI=1S/C18H18ClN3O3/c1-4-22-11(2)7-15(12(22)3)18(24)25-10-17(23)21-16-8-14(19)6-5-13(16)9-20/h5-8H,4,10H2,1-3H3,(H,21,23). The van der Waals surface area contributed by atoms with Crippen LogP contribution in [0.5, 0.6) is 0 Å². The second-order valence-electron chi connectivity index (χ2n) is 5.46. The summed E-state index contributed by atoms with van der Waals surface area (Å²) in [6.07, 6.45) is 0. The van der Waals surface area contributed by atoms with Gasteiger partial charge in [-0.15, -0.1) is 0 Å². The molecule has 1 aromatic heterocycles. The summed E-state index contributed by atoms with van der Waals surface area (Å²) < 4.78 is 7.07. The van der Waals surface area contributed by atoms with Crippen LogP contribution in [0.4, 0.5) is 5.69 Å². The Morgan fingerprint density at radius 3 is 2.64 bits per heavy atom. The van der Waals surface area contributed by atoms with Crippen LogP contribution in [0.2, 0.25) is 5.02 Å². The zero-order chi connectivity index (χ0) is 18.6. The van der Waals surface area contributed by atoms with Crippen LogP contribution >= 0.6 is 11.6 Å². The maximum absolute atomic E-state index is 12.2. The molecule has 0 aliphatic heterocycles. The summed E-state index contributed by atoms with van der Waals surface area (Å²) in [6.45, 7) is 6.02. The molecule has 7 heteroatoms. The summed E-state index contributed by atoms with van der Waals surface area (Å²) in [5, 5.41) is 11.9. The Labute approximate surface area is 151 Å². The zero-order valence-electron chi connectivity index (χ0n) is 14.2. The number of nitrogens with zero attached hydrogens (tertiary/aromatic N) is 2. The summed E-state index contributed by atoms with van der Waals surface area (Å²) >= 11 is 5.86. The van der Waals surface area contributed by atoms with E-state index in [4.69, 9.17) is 21.6 Å². The fourth-order valence-electron chi connectivity index (χ4n) is 2.61. The van der Waals surface area contributed by atoms with Crippen LogP contribution in [0.1, 0.15) is 34.2 Å². The average molecular weight is 360 g/mol. The third kappa shape index (κ3) is 4.20. The van der Waals surface area contributed by atoms with Gasteiger partial charge in [-0.2, -0.15) is 5.26 Å². The van der Waals surface area contributed by atoms with Gasteiger partial charge in [-0.3, -0.25) is 4.79 Å². The predicted molar refractivity (Wildman–Crippen MR) is 94.7 cm³/mol. The number of aryl methyl sites for hydroxylation is 1. The van der Waals surface area contributed by atoms with E-state index in [0.717, 1.165) is 17.9 Å². The number of hydrogen-bond acceptors (Lipinski definition) is 4. The summed E-state index contributed by atoms with van der Waals surface area (Å²) in [4.78, 5) is 24.2. The van der Waals surface area contributed by atoms with Gasteiger partial charge in [-0.25, -0.2) is 4.79 Å². The van der Waals surface area contributed by atoms with Gasteiger partial charge in [0.05, 0.1) is 16.8 Å². The number of esters is 1. The molecule has 0 unspecified atom stereocenters. The van der Waals surface area contributed by atoms with Gasteiger partial charge >= 0.3 is 5.97 Å². The summed E-state index contributed by atoms with van der Waals surface area (Å²) in [7, 11) is 0. The minimum absolute atomic E-state index is 0.274. The topological polar surface area (TPSA) is 84.1 Å². The monoisotopic (exact) mass is 359 g/mol. The highest BCUT2D eigenvalue weighted by molar-refractivity contribution is 6.31. The highest BCUT2D eigenvalue weighted by Crippen LogP contribution is 2.20. The molecular weight excluding hydrogens is 342 g/mol. The number of nitriles is 1. The van der Waals surface area contributed by atoms with Crippen LogP contribution in [-0.4, -0.2) is 23.1 Å². The molecule has 0 saturated carbocycles. The summed E-state index contributed by atoms with van der Waals surface area (Å²) in [5.74, 6) is -1.11. The van der Waals surface area contributed by atoms with Crippen LogP contribution in [0, 0.1) is 25.2 Å². The fourth-order valence-corrected chi connectivity index (χ4v) is 2.78. The molecule has 0 aliphatic carbocycles. The van der Waals surface area contributed by atoms with Gasteiger partial charge in [0, 0.05) is 23.0 Å². The summed E-state index contributed by atoms with van der Waals surface area (Å²) in [6, 6.07) is 8.22. The first-order valence-corrected chi connectivity index (χ1v) is 8.08. The number of halogens is 1. The van der Waals surface area contributed by atoms with Crippen molar-refractivity contribution in [2.45, 2.75) is 27.3 Å². The molecule has 1 heterocycles. The van der Waals surface area contributed by atoms with E-state index in [9.17, 15) is 9.59 Å². The molecule has 25 heavy (non-hydrogen) atoms. The molecular formula is C18H18ClN3O3. The number of ether oxygens (including phenoxy) is 1. The number of carbonyl (C=O) groups is 2. The van der Waals surface area contributed by atoms with Gasteiger partial charge in [-0.05, 0) is 45.0 Å². The smallest absolute Gasteiger partial charge is 0.340 e. The van der Waals surface area contributed by atoms with Crippen molar-refractivity contribution in [2.24, 2.45) is 0 Å². The van der Waals surface area contributed by atoms with E-state index in [-0.39, 0.29) is 11.3 Å². The number of hydrogen-bond donors (Lipinski definition) is 1. The van der Waals surface area contributed by atoms with E-state index in [1.807, 2.05) is 31.4 Å². The van der Waals surface area contributed by atoms with Crippen molar-refractivity contribution in [1.82, 2.24) is 4.57 Å². The van der Waals surface area contributed by atoms with Crippen LogP contribution < -0.4 is 5.32 Å². The van der Waals surface area contributed by atoms with Gasteiger partial charge in [0.2, 0.25) is 0 Å². The number of benzene rings is 1. The van der Waals surface area contributed by atoms with Crippen molar-refractivity contribution in [3.8, 4) is 6.07 Å². The lowest BCUT2D eigenvalue weighted by Crippen LogP contribution is -2.21. The molecule has 1 aromatic carbocycles. The SMILES string of the molecule is CCn1c(C)cc(C(=O)OCC(=O)Nc2cc(Cl)ccc2C#N)c1C. The molecule has 0 saturated heterocycles. The Kier molecular flexibility index (Phi) is 5.84. The Balaban J connectivity index is 2.02. The van der Waals surface area contributed by atoms with Gasteiger partial charge in [0.1, 0.15) is 6.07 Å². The average Bonchev–Trinajstić information content (AvgIpc) is 2.87. The molecule has 2 rings (SSSR count). The molecule has 130 valence electrons. The lowest BCUT2D eigenvalue weighted by Gasteiger charge is -2.09. The molecule has 6 nitrogen and oxygen atoms in total. The molecule has 1 N–H and O–H groups in total. The predicted octanol–water partition coefficient (Wildman–Crippen LogP) is 3.45. The van der Waals surface area contributed by atoms with E-state index in [0.29, 0.717) is 10.6 Å². The van der Waals surface area contributed by atoms with Crippen molar-refractivity contribution in [1.29, 1.82) is 5.26 Å². The van der Waals surface area contributed by atoms with Crippen molar-refractivity contribution in [2.75, 3.05) is 11.9 Å². The normalized spacial score (nSPS) is 10.2. The Morgan fingerprint density at radius 1 is 1.32 bits per heavy atom. The van der Waals surface area contributed by atoms with Crippen LogP contribution in [0.15, 0.2) is 24.3 Å². The number of rotatable bonds is 5. The lowest BCUT2D eigenvalue weighted by molar-refractivity contribution is -0.119. The van der Waals surface area contributed by atoms with Crippen molar-refractivity contribution in [3.63, 3.8) is 0 Å². The minimum Gasteiger partial charge on any atom is -0.452 e. The molecule has 0 bridgehead atoms. The second kappa shape index (κ2) is 7.86. The quantitative estimate of drug-likeness (QED) is 0.829. The Bertz CT molecular complexity index is 865. The first-order chi connectivity index (χ1) is 11.9. The van der Waals surface area contributed by atoms with Crippen molar-refractivity contribution in [3.05, 3.63) is 51.8 Å². The fraction of sp³-hybridized carbons (Fsp3) is 0.278. The molecule has 2 aromatic rings. The molecule has 0 atom stereocenters. The second-order valence-corrected chi connectivity index (χ2v) is 5.89. The molecule has 1 amide bonds. The van der Waals surface area contributed by atoms with Crippen LogP contribution in [-0.2, 0) is 16.1 Å². The number of carbonyl (C=O) groups excluding carboxylic acids is 2. The number of amides is 1. The van der Waals surface area contributed by atoms with E-state index in [1.165, 1.54) is 12.1 Å². The third-order valence-electron chi connectivity index (χ3n) is 3.82. The lowest BCUT2D eigenvalue weighted by atomic mass is 10.2. The molecule has 0 radical (unpaired) electrons. The molecule has 0 fully saturated rings. The van der Waals surface area contributed by atoms with E-state index in [1.54, 1.807) is 12.1 Å². The van der Waals surface area contributed by atoms with Crippen molar-refractivity contribution < 1.29 is 14.3 Å².